The normalized spacial score (nSPS) is 10.8. The predicted molar refractivity (Wildman–Crippen MR) is 222 cm³/mol. The Morgan fingerprint density at radius 1 is 0.456 bits per heavy atom. The second kappa shape index (κ2) is 13.2. The Labute approximate surface area is 327 Å². The molecule has 0 fully saturated rings. The largest absolute Gasteiger partial charge is 0.310 e. The minimum absolute atomic E-state index is 0.396. The fourth-order valence-electron chi connectivity index (χ4n) is 8.14. The molecule has 8 heteroatoms. The van der Waals surface area contributed by atoms with Gasteiger partial charge in [-0.1, -0.05) is 36.4 Å². The molecule has 0 aliphatic carbocycles. The van der Waals surface area contributed by atoms with Gasteiger partial charge in [0.2, 0.25) is 0 Å². The lowest BCUT2D eigenvalue weighted by atomic mass is 9.88. The van der Waals surface area contributed by atoms with Crippen LogP contribution in [0, 0.1) is 65.4 Å². The smallest absolute Gasteiger partial charge is 0.197 e. The van der Waals surface area contributed by atoms with E-state index in [0.29, 0.717) is 44.9 Å². The summed E-state index contributed by atoms with van der Waals surface area (Å²) >= 11 is 0. The molecule has 0 spiro atoms. The molecule has 9 rings (SSSR count). The van der Waals surface area contributed by atoms with Crippen LogP contribution in [0.1, 0.15) is 27.8 Å². The molecule has 0 N–H and O–H groups in total. The third-order valence-corrected chi connectivity index (χ3v) is 10.6. The van der Waals surface area contributed by atoms with E-state index >= 15 is 0 Å². The summed E-state index contributed by atoms with van der Waals surface area (Å²) in [6.45, 7) is 18.3. The van der Waals surface area contributed by atoms with Gasteiger partial charge in [0.05, 0.1) is 87.4 Å². The van der Waals surface area contributed by atoms with E-state index in [9.17, 15) is 21.0 Å². The van der Waals surface area contributed by atoms with Gasteiger partial charge in [-0.3, -0.25) is 0 Å². The molecule has 9 aromatic rings. The zero-order valence-corrected chi connectivity index (χ0v) is 30.2. The van der Waals surface area contributed by atoms with Crippen molar-refractivity contribution in [1.82, 2.24) is 9.13 Å². The Balaban J connectivity index is 1.49. The lowest BCUT2D eigenvalue weighted by Gasteiger charge is -2.23. The van der Waals surface area contributed by atoms with Gasteiger partial charge in [0.1, 0.15) is 0 Å². The quantitative estimate of drug-likeness (QED) is 0.168. The highest BCUT2D eigenvalue weighted by molar-refractivity contribution is 6.14. The number of nitrogens with zero attached hydrogens (tertiary/aromatic N) is 8. The van der Waals surface area contributed by atoms with Crippen molar-refractivity contribution in [3.63, 3.8) is 0 Å². The number of aryl methyl sites for hydroxylation is 1. The van der Waals surface area contributed by atoms with Gasteiger partial charge in [0, 0.05) is 33.0 Å². The van der Waals surface area contributed by atoms with E-state index in [0.717, 1.165) is 71.6 Å². The highest BCUT2D eigenvalue weighted by atomic mass is 15.0. The Kier molecular flexibility index (Phi) is 7.84. The zero-order valence-electron chi connectivity index (χ0n) is 30.2. The Morgan fingerprint density at radius 2 is 0.912 bits per heavy atom. The van der Waals surface area contributed by atoms with Crippen molar-refractivity contribution in [3.8, 4) is 57.9 Å². The van der Waals surface area contributed by atoms with Crippen LogP contribution in [0.25, 0.3) is 86.9 Å². The van der Waals surface area contributed by atoms with Crippen LogP contribution in [0.15, 0.2) is 127 Å². The van der Waals surface area contributed by atoms with Gasteiger partial charge in [-0.15, -0.1) is 0 Å². The molecule has 260 valence electrons. The van der Waals surface area contributed by atoms with Crippen LogP contribution in [-0.2, 0) is 0 Å². The van der Waals surface area contributed by atoms with Crippen molar-refractivity contribution in [3.05, 3.63) is 178 Å². The van der Waals surface area contributed by atoms with Crippen LogP contribution < -0.4 is 0 Å². The maximum absolute atomic E-state index is 9.91. The molecule has 57 heavy (non-hydrogen) atoms. The Bertz CT molecular complexity index is 3360. The van der Waals surface area contributed by atoms with Crippen LogP contribution in [0.4, 0.5) is 11.4 Å². The third kappa shape index (κ3) is 5.17. The summed E-state index contributed by atoms with van der Waals surface area (Å²) in [6.07, 6.45) is 0. The first kappa shape index (κ1) is 33.9. The number of aromatic nitrogens is 2. The first-order chi connectivity index (χ1) is 27.9. The number of rotatable bonds is 4. The molecule has 0 unspecified atom stereocenters. The molecular formula is C49H24N8. The van der Waals surface area contributed by atoms with Gasteiger partial charge in [0.25, 0.3) is 0 Å². The Hall–Kier alpha value is -8.92. The molecule has 0 saturated carbocycles. The molecule has 0 saturated heterocycles. The standard InChI is InChI=1S/C49H24N8/c1-29-20-30(25-50)10-15-35(29)36-6-4-8-46(56-44-18-13-33(28-53)23-39(44)40-24-34(54-2)14-19-45(40)56)48(36)49-41(55-3)7-5-9-47(49)57-42-16-11-31(26-51)21-37(42)38-22-32(27-52)12-17-43(38)57/h4-24H,1H3. The molecule has 0 aliphatic heterocycles. The molecule has 8 nitrogen and oxygen atoms in total. The van der Waals surface area contributed by atoms with Gasteiger partial charge in [-0.2, -0.15) is 21.0 Å². The minimum atomic E-state index is 0.396. The predicted octanol–water partition coefficient (Wildman–Crippen LogP) is 12.1. The molecule has 0 aliphatic rings. The average molecular weight is 725 g/mol. The first-order valence-corrected chi connectivity index (χ1v) is 17.8. The van der Waals surface area contributed by atoms with Gasteiger partial charge in [-0.25, -0.2) is 9.69 Å². The molecule has 0 radical (unpaired) electrons. The van der Waals surface area contributed by atoms with Crippen LogP contribution >= 0.6 is 0 Å². The molecule has 2 aromatic heterocycles. The summed E-state index contributed by atoms with van der Waals surface area (Å²) in [5, 5.41) is 42.7. The van der Waals surface area contributed by atoms with Crippen molar-refractivity contribution in [2.75, 3.05) is 0 Å². The van der Waals surface area contributed by atoms with E-state index in [-0.39, 0.29) is 0 Å². The summed E-state index contributed by atoms with van der Waals surface area (Å²) in [7, 11) is 0. The van der Waals surface area contributed by atoms with Gasteiger partial charge >= 0.3 is 0 Å². The van der Waals surface area contributed by atoms with Crippen LogP contribution in [0.2, 0.25) is 0 Å². The van der Waals surface area contributed by atoms with E-state index in [1.54, 1.807) is 36.4 Å². The van der Waals surface area contributed by atoms with Crippen LogP contribution in [0.5, 0.6) is 0 Å². The highest BCUT2D eigenvalue weighted by Gasteiger charge is 2.26. The van der Waals surface area contributed by atoms with E-state index in [1.807, 2.05) is 97.9 Å². The summed E-state index contributed by atoms with van der Waals surface area (Å²) in [5.41, 5.74) is 11.5. The van der Waals surface area contributed by atoms with E-state index in [4.69, 9.17) is 13.1 Å². The number of hydrogen-bond donors (Lipinski definition) is 0. The lowest BCUT2D eigenvalue weighted by Crippen LogP contribution is -2.04. The second-order valence-electron chi connectivity index (χ2n) is 13.6. The number of benzene rings is 7. The molecule has 0 bridgehead atoms. The molecule has 0 amide bonds. The zero-order chi connectivity index (χ0) is 39.4. The van der Waals surface area contributed by atoms with Crippen molar-refractivity contribution in [1.29, 1.82) is 21.0 Å². The van der Waals surface area contributed by atoms with Crippen LogP contribution in [0.3, 0.4) is 0 Å². The third-order valence-electron chi connectivity index (χ3n) is 10.6. The van der Waals surface area contributed by atoms with Gasteiger partial charge in [0.15, 0.2) is 11.4 Å². The summed E-state index contributed by atoms with van der Waals surface area (Å²) in [4.78, 5) is 7.85. The SMILES string of the molecule is [C-]#[N+]c1ccc2c(c1)c1cc(C#N)ccc1n2-c1cccc(-c2ccc(C#N)cc2C)c1-c1c([N+]#[C-])cccc1-n1c2ccc(C#N)cc2c2cc(C#N)ccc21. The van der Waals surface area contributed by atoms with Gasteiger partial charge in [-0.05, 0) is 120 Å². The van der Waals surface area contributed by atoms with Crippen molar-refractivity contribution < 1.29 is 0 Å². The number of nitriles is 4. The first-order valence-electron chi connectivity index (χ1n) is 17.8. The maximum atomic E-state index is 9.91. The highest BCUT2D eigenvalue weighted by Crippen LogP contribution is 2.49. The number of hydrogen-bond acceptors (Lipinski definition) is 4. The monoisotopic (exact) mass is 724 g/mol. The van der Waals surface area contributed by atoms with Crippen molar-refractivity contribution in [2.24, 2.45) is 0 Å². The Morgan fingerprint density at radius 3 is 1.40 bits per heavy atom. The van der Waals surface area contributed by atoms with Gasteiger partial charge < -0.3 is 9.13 Å². The van der Waals surface area contributed by atoms with Crippen molar-refractivity contribution in [2.45, 2.75) is 6.92 Å². The van der Waals surface area contributed by atoms with E-state index < -0.39 is 0 Å². The maximum Gasteiger partial charge on any atom is 0.197 e. The summed E-state index contributed by atoms with van der Waals surface area (Å²) < 4.78 is 4.22. The van der Waals surface area contributed by atoms with E-state index in [1.165, 1.54) is 0 Å². The summed E-state index contributed by atoms with van der Waals surface area (Å²) in [6, 6.07) is 48.4. The van der Waals surface area contributed by atoms with E-state index in [2.05, 4.69) is 43.1 Å². The minimum Gasteiger partial charge on any atom is -0.310 e. The summed E-state index contributed by atoms with van der Waals surface area (Å²) in [5.74, 6) is 0. The second-order valence-corrected chi connectivity index (χ2v) is 13.6. The van der Waals surface area contributed by atoms with Crippen molar-refractivity contribution >= 4 is 55.0 Å². The molecule has 7 aromatic carbocycles. The number of fused-ring (bicyclic) bond motifs is 6. The fraction of sp³-hybridized carbons (Fsp3) is 0.0204. The van der Waals surface area contributed by atoms with Crippen LogP contribution in [-0.4, -0.2) is 9.13 Å². The topological polar surface area (TPSA) is 114 Å². The molecular weight excluding hydrogens is 701 g/mol. The lowest BCUT2D eigenvalue weighted by molar-refractivity contribution is 1.16. The fourth-order valence-corrected chi connectivity index (χ4v) is 8.14. The molecule has 0 atom stereocenters. The molecule has 2 heterocycles. The average Bonchev–Trinajstić information content (AvgIpc) is 3.76.